The van der Waals surface area contributed by atoms with Crippen molar-refractivity contribution in [3.8, 4) is 0 Å². The van der Waals surface area contributed by atoms with Crippen LogP contribution in [0, 0.1) is 5.82 Å². The van der Waals surface area contributed by atoms with Gasteiger partial charge in [-0.3, -0.25) is 15.1 Å². The van der Waals surface area contributed by atoms with Gasteiger partial charge in [-0.05, 0) is 31.9 Å². The van der Waals surface area contributed by atoms with Crippen LogP contribution in [0.25, 0.3) is 0 Å². The Morgan fingerprint density at radius 1 is 1.53 bits per heavy atom. The number of hydrogen-bond acceptors (Lipinski definition) is 3. The van der Waals surface area contributed by atoms with Crippen molar-refractivity contribution in [2.24, 2.45) is 0 Å². The molecule has 0 amide bonds. The maximum absolute atomic E-state index is 12.9. The first-order valence-electron chi connectivity index (χ1n) is 6.55. The molecule has 19 heavy (non-hydrogen) atoms. The topological polar surface area (TPSA) is 62.2 Å². The molecule has 0 bridgehead atoms. The van der Waals surface area contributed by atoms with Crippen LogP contribution in [0.15, 0.2) is 18.3 Å². The van der Waals surface area contributed by atoms with Crippen LogP contribution in [0.3, 0.4) is 0 Å². The summed E-state index contributed by atoms with van der Waals surface area (Å²) in [6.45, 7) is 5.56. The lowest BCUT2D eigenvalue weighted by atomic mass is 9.94. The van der Waals surface area contributed by atoms with Crippen LogP contribution < -0.4 is 5.32 Å². The molecular formula is C14H21FN2O2. The molecule has 0 radical (unpaired) electrons. The van der Waals surface area contributed by atoms with Crippen molar-refractivity contribution in [3.05, 3.63) is 29.8 Å². The highest BCUT2D eigenvalue weighted by atomic mass is 19.1. The minimum atomic E-state index is -0.995. The highest BCUT2D eigenvalue weighted by Gasteiger charge is 2.34. The van der Waals surface area contributed by atoms with Crippen LogP contribution in [0.1, 0.15) is 51.8 Å². The second kappa shape index (κ2) is 6.61. The number of aliphatic carboxylic acids is 1. The molecule has 0 aliphatic heterocycles. The van der Waals surface area contributed by atoms with Gasteiger partial charge in [0.1, 0.15) is 11.4 Å². The molecule has 0 aliphatic carbocycles. The molecule has 1 aromatic heterocycles. The van der Waals surface area contributed by atoms with Crippen molar-refractivity contribution in [3.63, 3.8) is 0 Å². The van der Waals surface area contributed by atoms with Crippen LogP contribution in [0.4, 0.5) is 4.39 Å². The number of hydrogen-bond donors (Lipinski definition) is 2. The number of nitrogens with zero attached hydrogens (tertiary/aromatic N) is 1. The Morgan fingerprint density at radius 2 is 2.21 bits per heavy atom. The first kappa shape index (κ1) is 15.6. The summed E-state index contributed by atoms with van der Waals surface area (Å²) < 4.78 is 12.9. The fourth-order valence-electron chi connectivity index (χ4n) is 2.10. The van der Waals surface area contributed by atoms with Crippen molar-refractivity contribution in [2.75, 3.05) is 0 Å². The summed E-state index contributed by atoms with van der Waals surface area (Å²) >= 11 is 0. The molecule has 0 fully saturated rings. The number of carboxylic acids is 1. The Hall–Kier alpha value is -1.49. The molecule has 0 saturated carbocycles. The van der Waals surface area contributed by atoms with Crippen molar-refractivity contribution in [2.45, 2.75) is 51.6 Å². The minimum Gasteiger partial charge on any atom is -0.480 e. The lowest BCUT2D eigenvalue weighted by Gasteiger charge is -2.30. The Balaban J connectivity index is 2.91. The second-order valence-corrected chi connectivity index (χ2v) is 4.89. The number of halogens is 1. The summed E-state index contributed by atoms with van der Waals surface area (Å²) in [5.74, 6) is -1.27. The van der Waals surface area contributed by atoms with Crippen LogP contribution in [0.5, 0.6) is 0 Å². The normalized spacial score (nSPS) is 15.8. The molecule has 2 unspecified atom stereocenters. The number of rotatable bonds is 7. The van der Waals surface area contributed by atoms with E-state index in [1.165, 1.54) is 6.07 Å². The third-order valence-corrected chi connectivity index (χ3v) is 3.23. The molecule has 2 atom stereocenters. The Kier molecular flexibility index (Phi) is 5.42. The van der Waals surface area contributed by atoms with E-state index < -0.39 is 17.3 Å². The SMILES string of the molecule is CCCC(C)(NC(CC)c1ccc(F)cn1)C(=O)O. The monoisotopic (exact) mass is 268 g/mol. The standard InChI is InChI=1S/C14H21FN2O2/c1-4-8-14(3,13(18)19)17-11(5-2)12-7-6-10(15)9-16-12/h6-7,9,11,17H,4-5,8H2,1-3H3,(H,18,19). The van der Waals surface area contributed by atoms with Gasteiger partial charge in [0.15, 0.2) is 0 Å². The second-order valence-electron chi connectivity index (χ2n) is 4.89. The van der Waals surface area contributed by atoms with Gasteiger partial charge >= 0.3 is 5.97 Å². The van der Waals surface area contributed by atoms with Gasteiger partial charge in [0, 0.05) is 0 Å². The van der Waals surface area contributed by atoms with E-state index in [0.717, 1.165) is 12.6 Å². The van der Waals surface area contributed by atoms with Gasteiger partial charge in [0.05, 0.1) is 17.9 Å². The molecule has 0 spiro atoms. The summed E-state index contributed by atoms with van der Waals surface area (Å²) in [6, 6.07) is 2.73. The van der Waals surface area contributed by atoms with Crippen LogP contribution in [0.2, 0.25) is 0 Å². The maximum atomic E-state index is 12.9. The van der Waals surface area contributed by atoms with Crippen molar-refractivity contribution in [1.29, 1.82) is 0 Å². The zero-order chi connectivity index (χ0) is 14.5. The lowest BCUT2D eigenvalue weighted by Crippen LogP contribution is -2.50. The van der Waals surface area contributed by atoms with Crippen LogP contribution in [-0.4, -0.2) is 21.6 Å². The summed E-state index contributed by atoms with van der Waals surface area (Å²) in [5, 5.41) is 12.5. The van der Waals surface area contributed by atoms with Gasteiger partial charge in [-0.2, -0.15) is 0 Å². The molecule has 0 aromatic carbocycles. The Morgan fingerprint density at radius 3 is 2.63 bits per heavy atom. The van der Waals surface area contributed by atoms with E-state index in [1.807, 2.05) is 13.8 Å². The van der Waals surface area contributed by atoms with Crippen molar-refractivity contribution >= 4 is 5.97 Å². The average Bonchev–Trinajstić information content (AvgIpc) is 2.37. The van der Waals surface area contributed by atoms with Gasteiger partial charge in [-0.25, -0.2) is 4.39 Å². The molecule has 2 N–H and O–H groups in total. The number of pyridine rings is 1. The number of aromatic nitrogens is 1. The molecule has 0 saturated heterocycles. The highest BCUT2D eigenvalue weighted by molar-refractivity contribution is 5.78. The smallest absolute Gasteiger partial charge is 0.323 e. The van der Waals surface area contributed by atoms with Crippen LogP contribution >= 0.6 is 0 Å². The first-order chi connectivity index (χ1) is 8.92. The van der Waals surface area contributed by atoms with E-state index in [4.69, 9.17) is 0 Å². The molecule has 1 aromatic rings. The molecule has 1 rings (SSSR count). The zero-order valence-electron chi connectivity index (χ0n) is 11.6. The average molecular weight is 268 g/mol. The Bertz CT molecular complexity index is 422. The first-order valence-corrected chi connectivity index (χ1v) is 6.55. The van der Waals surface area contributed by atoms with E-state index in [0.29, 0.717) is 18.5 Å². The summed E-state index contributed by atoms with van der Waals surface area (Å²) in [4.78, 5) is 15.4. The van der Waals surface area contributed by atoms with Crippen molar-refractivity contribution < 1.29 is 14.3 Å². The van der Waals surface area contributed by atoms with Gasteiger partial charge in [0.2, 0.25) is 0 Å². The highest BCUT2D eigenvalue weighted by Crippen LogP contribution is 2.22. The lowest BCUT2D eigenvalue weighted by molar-refractivity contribution is -0.145. The minimum absolute atomic E-state index is 0.201. The summed E-state index contributed by atoms with van der Waals surface area (Å²) in [7, 11) is 0. The summed E-state index contributed by atoms with van der Waals surface area (Å²) in [6.07, 6.45) is 3.13. The predicted molar refractivity (Wildman–Crippen MR) is 71.3 cm³/mol. The number of carboxylic acid groups (broad SMARTS) is 1. The fraction of sp³-hybridized carbons (Fsp3) is 0.571. The number of carbonyl (C=O) groups is 1. The Labute approximate surface area is 113 Å². The largest absolute Gasteiger partial charge is 0.480 e. The van der Waals surface area contributed by atoms with Gasteiger partial charge < -0.3 is 5.11 Å². The quantitative estimate of drug-likeness (QED) is 0.798. The molecule has 106 valence electrons. The fourth-order valence-corrected chi connectivity index (χ4v) is 2.10. The molecule has 5 heteroatoms. The third kappa shape index (κ3) is 3.99. The van der Waals surface area contributed by atoms with E-state index >= 15 is 0 Å². The van der Waals surface area contributed by atoms with Crippen molar-refractivity contribution in [1.82, 2.24) is 10.3 Å². The molecular weight excluding hydrogens is 247 g/mol. The molecule has 4 nitrogen and oxygen atoms in total. The third-order valence-electron chi connectivity index (χ3n) is 3.23. The predicted octanol–water partition coefficient (Wildman–Crippen LogP) is 2.90. The number of nitrogens with one attached hydrogen (secondary N) is 1. The van der Waals surface area contributed by atoms with Gasteiger partial charge in [-0.1, -0.05) is 20.3 Å². The molecule has 1 heterocycles. The van der Waals surface area contributed by atoms with Gasteiger partial charge in [0.25, 0.3) is 0 Å². The summed E-state index contributed by atoms with van der Waals surface area (Å²) in [5.41, 5.74) is -0.335. The van der Waals surface area contributed by atoms with Crippen LogP contribution in [-0.2, 0) is 4.79 Å². The molecule has 0 aliphatic rings. The maximum Gasteiger partial charge on any atom is 0.323 e. The van der Waals surface area contributed by atoms with E-state index in [2.05, 4.69) is 10.3 Å². The van der Waals surface area contributed by atoms with E-state index in [-0.39, 0.29) is 6.04 Å². The van der Waals surface area contributed by atoms with E-state index in [1.54, 1.807) is 13.0 Å². The van der Waals surface area contributed by atoms with Gasteiger partial charge in [-0.15, -0.1) is 0 Å². The zero-order valence-corrected chi connectivity index (χ0v) is 11.6. The van der Waals surface area contributed by atoms with E-state index in [9.17, 15) is 14.3 Å².